The maximum atomic E-state index is 16.0. The summed E-state index contributed by atoms with van der Waals surface area (Å²) in [4.78, 5) is 0. The summed E-state index contributed by atoms with van der Waals surface area (Å²) >= 11 is 0. The highest BCUT2D eigenvalue weighted by molar-refractivity contribution is 7.86. The van der Waals surface area contributed by atoms with Crippen molar-refractivity contribution < 1.29 is 8.98 Å². The molecule has 0 bridgehead atoms. The van der Waals surface area contributed by atoms with Gasteiger partial charge in [0.25, 0.3) is 0 Å². The zero-order valence-corrected chi connectivity index (χ0v) is 20.8. The summed E-state index contributed by atoms with van der Waals surface area (Å²) < 4.78 is 22.4. The average Bonchev–Trinajstić information content (AvgIpc) is 3.49. The minimum absolute atomic E-state index is 0.770. The molecule has 1 aromatic heterocycles. The Kier molecular flexibility index (Phi) is 4.24. The highest BCUT2D eigenvalue weighted by atomic mass is 31.2. The van der Waals surface area contributed by atoms with Gasteiger partial charge in [0, 0.05) is 32.2 Å². The summed E-state index contributed by atoms with van der Waals surface area (Å²) in [6.07, 6.45) is 0. The van der Waals surface area contributed by atoms with Gasteiger partial charge in [-0.2, -0.15) is 0 Å². The van der Waals surface area contributed by atoms with E-state index >= 15 is 4.57 Å². The number of hydrogen-bond acceptors (Lipinski definition) is 2. The van der Waals surface area contributed by atoms with Gasteiger partial charge in [0.1, 0.15) is 11.2 Å². The van der Waals surface area contributed by atoms with Gasteiger partial charge in [0.05, 0.1) is 0 Å². The van der Waals surface area contributed by atoms with Crippen LogP contribution in [0.5, 0.6) is 0 Å². The first-order valence-electron chi connectivity index (χ1n) is 12.5. The molecule has 174 valence electrons. The van der Waals surface area contributed by atoms with E-state index in [1.807, 2.05) is 78.9 Å². The molecule has 0 fully saturated rings. The average molecular weight is 493 g/mol. The van der Waals surface area contributed by atoms with E-state index in [0.717, 1.165) is 54.5 Å². The molecule has 0 saturated carbocycles. The van der Waals surface area contributed by atoms with Crippen molar-refractivity contribution in [2.24, 2.45) is 0 Å². The molecule has 0 spiro atoms. The van der Waals surface area contributed by atoms with E-state index in [-0.39, 0.29) is 0 Å². The van der Waals surface area contributed by atoms with Crippen LogP contribution >= 0.6 is 7.14 Å². The van der Waals surface area contributed by atoms with Crippen LogP contribution in [0.2, 0.25) is 0 Å². The summed E-state index contributed by atoms with van der Waals surface area (Å²) in [5, 5.41) is 6.85. The van der Waals surface area contributed by atoms with E-state index in [2.05, 4.69) is 48.5 Å². The number of para-hydroxylation sites is 1. The van der Waals surface area contributed by atoms with Crippen LogP contribution in [0.1, 0.15) is 0 Å². The summed E-state index contributed by atoms with van der Waals surface area (Å²) in [6.45, 7) is 0. The molecule has 0 unspecified atom stereocenters. The van der Waals surface area contributed by atoms with Crippen LogP contribution in [0.4, 0.5) is 0 Å². The highest BCUT2D eigenvalue weighted by Gasteiger charge is 2.39. The first-order chi connectivity index (χ1) is 18.2. The molecule has 0 aliphatic heterocycles. The molecular weight excluding hydrogens is 471 g/mol. The van der Waals surface area contributed by atoms with Crippen LogP contribution in [0.15, 0.2) is 132 Å². The number of benzene rings is 6. The van der Waals surface area contributed by atoms with Crippen molar-refractivity contribution in [3.05, 3.63) is 127 Å². The quantitative estimate of drug-likeness (QED) is 0.234. The van der Waals surface area contributed by atoms with Gasteiger partial charge in [-0.3, -0.25) is 0 Å². The maximum absolute atomic E-state index is 16.0. The third kappa shape index (κ3) is 2.74. The van der Waals surface area contributed by atoms with Crippen molar-refractivity contribution in [1.29, 1.82) is 0 Å². The lowest BCUT2D eigenvalue weighted by atomic mass is 10.0. The van der Waals surface area contributed by atoms with Gasteiger partial charge >= 0.3 is 0 Å². The molecule has 0 atom stereocenters. The second kappa shape index (κ2) is 7.56. The second-order valence-corrected chi connectivity index (χ2v) is 12.3. The Labute approximate surface area is 214 Å². The Balaban J connectivity index is 1.65. The van der Waals surface area contributed by atoms with Crippen molar-refractivity contribution in [1.82, 2.24) is 0 Å². The van der Waals surface area contributed by atoms with Crippen LogP contribution in [-0.4, -0.2) is 0 Å². The third-order valence-corrected chi connectivity index (χ3v) is 10.8. The van der Waals surface area contributed by atoms with Gasteiger partial charge < -0.3 is 8.98 Å². The molecule has 6 aromatic carbocycles. The molecule has 1 aliphatic rings. The molecule has 2 nitrogen and oxygen atoms in total. The van der Waals surface area contributed by atoms with Crippen molar-refractivity contribution >= 4 is 55.8 Å². The summed E-state index contributed by atoms with van der Waals surface area (Å²) in [7, 11) is -3.33. The molecule has 0 radical (unpaired) electrons. The molecule has 37 heavy (non-hydrogen) atoms. The number of rotatable bonds is 3. The molecular formula is C34H21O2P. The second-order valence-electron chi connectivity index (χ2n) is 9.61. The van der Waals surface area contributed by atoms with Gasteiger partial charge in [0.15, 0.2) is 7.14 Å². The summed E-state index contributed by atoms with van der Waals surface area (Å²) in [5.41, 5.74) is 6.02. The van der Waals surface area contributed by atoms with E-state index in [4.69, 9.17) is 4.42 Å². The van der Waals surface area contributed by atoms with Gasteiger partial charge in [-0.15, -0.1) is 0 Å². The fraction of sp³-hybridized carbons (Fsp3) is 0. The zero-order chi connectivity index (χ0) is 24.6. The Hall–Kier alpha value is -4.39. The highest BCUT2D eigenvalue weighted by Crippen LogP contribution is 2.55. The van der Waals surface area contributed by atoms with E-state index in [1.165, 1.54) is 16.3 Å². The standard InChI is InChI=1S/C34H21O2P/c35-37(23-13-3-1-4-14-23,24-15-5-2-6-16-24)34-32-27-19-10-12-22-11-9-18-25(31(22)27)28(32)21-30-33(34)26-17-7-8-20-29(26)36-30/h1-21H. The molecule has 0 N–H and O–H groups in total. The minimum atomic E-state index is -3.33. The van der Waals surface area contributed by atoms with Crippen LogP contribution in [0, 0.1) is 0 Å². The Morgan fingerprint density at radius 3 is 1.84 bits per heavy atom. The number of hydrogen-bond donors (Lipinski definition) is 0. The lowest BCUT2D eigenvalue weighted by Gasteiger charge is -2.24. The van der Waals surface area contributed by atoms with Crippen molar-refractivity contribution in [2.75, 3.05) is 0 Å². The van der Waals surface area contributed by atoms with Gasteiger partial charge in [-0.25, -0.2) is 0 Å². The normalized spacial score (nSPS) is 12.4. The maximum Gasteiger partial charge on any atom is 0.172 e. The monoisotopic (exact) mass is 492 g/mol. The molecule has 8 rings (SSSR count). The van der Waals surface area contributed by atoms with Crippen molar-refractivity contribution in [3.63, 3.8) is 0 Å². The topological polar surface area (TPSA) is 30.2 Å². The Bertz CT molecular complexity index is 2000. The predicted molar refractivity (Wildman–Crippen MR) is 155 cm³/mol. The molecule has 0 amide bonds. The van der Waals surface area contributed by atoms with Crippen LogP contribution in [0.3, 0.4) is 0 Å². The molecule has 0 saturated heterocycles. The van der Waals surface area contributed by atoms with E-state index < -0.39 is 7.14 Å². The van der Waals surface area contributed by atoms with Crippen LogP contribution < -0.4 is 15.9 Å². The first-order valence-corrected chi connectivity index (χ1v) is 14.2. The van der Waals surface area contributed by atoms with E-state index in [1.54, 1.807) is 0 Å². The van der Waals surface area contributed by atoms with Gasteiger partial charge in [-0.1, -0.05) is 115 Å². The fourth-order valence-electron chi connectivity index (χ4n) is 6.12. The summed E-state index contributed by atoms with van der Waals surface area (Å²) in [6, 6.07) is 43.0. The van der Waals surface area contributed by atoms with E-state index in [0.29, 0.717) is 0 Å². The smallest absolute Gasteiger partial charge is 0.172 e. The SMILES string of the molecule is O=P(c1ccccc1)(c1ccccc1)c1c2c(cc3oc4ccccc4c13)-c1cccc3cccc-2c13. The lowest BCUT2D eigenvalue weighted by molar-refractivity contribution is 0.592. The van der Waals surface area contributed by atoms with Crippen LogP contribution in [0.25, 0.3) is 55.0 Å². The predicted octanol–water partition coefficient (Wildman–Crippen LogP) is 8.03. The van der Waals surface area contributed by atoms with E-state index in [9.17, 15) is 0 Å². The Morgan fingerprint density at radius 2 is 1.14 bits per heavy atom. The molecule has 1 aliphatic carbocycles. The molecule has 3 heteroatoms. The minimum Gasteiger partial charge on any atom is -0.456 e. The molecule has 1 heterocycles. The van der Waals surface area contributed by atoms with Gasteiger partial charge in [0.2, 0.25) is 0 Å². The zero-order valence-electron chi connectivity index (χ0n) is 19.9. The first kappa shape index (κ1) is 20.8. The third-order valence-electron chi connectivity index (χ3n) is 7.66. The Morgan fingerprint density at radius 1 is 0.514 bits per heavy atom. The van der Waals surface area contributed by atoms with Crippen LogP contribution in [-0.2, 0) is 4.57 Å². The van der Waals surface area contributed by atoms with Crippen molar-refractivity contribution in [3.8, 4) is 22.3 Å². The molecule has 7 aromatic rings. The van der Waals surface area contributed by atoms with Gasteiger partial charge in [-0.05, 0) is 39.6 Å². The number of fused-ring (bicyclic) bond motifs is 6. The lowest BCUT2D eigenvalue weighted by Crippen LogP contribution is -2.27. The summed E-state index contributed by atoms with van der Waals surface area (Å²) in [5.74, 6) is 0. The fourth-order valence-corrected chi connectivity index (χ4v) is 9.22. The van der Waals surface area contributed by atoms with Crippen molar-refractivity contribution in [2.45, 2.75) is 0 Å². The largest absolute Gasteiger partial charge is 0.456 e. The number of furan rings is 1.